The summed E-state index contributed by atoms with van der Waals surface area (Å²) in [7, 11) is 1.58. The van der Waals surface area contributed by atoms with Crippen molar-refractivity contribution in [1.82, 2.24) is 10.2 Å². The van der Waals surface area contributed by atoms with Gasteiger partial charge in [0.05, 0.1) is 13.0 Å². The van der Waals surface area contributed by atoms with Crippen molar-refractivity contribution in [3.63, 3.8) is 0 Å². The first-order valence-electron chi connectivity index (χ1n) is 10.6. The molecular weight excluding hydrogens is 410 g/mol. The number of piperidine rings is 1. The molecule has 1 aliphatic rings. The average Bonchev–Trinajstić information content (AvgIpc) is 2.81. The molecule has 9 heteroatoms. The number of urea groups is 2. The maximum Gasteiger partial charge on any atom is 0.323 e. The SMILES string of the molecule is CCNC(=O)C1CCCN(C(=O)Nc2ccc(NC(=O)Nc3ccc(OC)cc3)cc2)C1. The second-order valence-corrected chi connectivity index (χ2v) is 7.49. The Bertz CT molecular complexity index is 930. The molecule has 2 aromatic carbocycles. The molecule has 1 aliphatic heterocycles. The van der Waals surface area contributed by atoms with Crippen molar-refractivity contribution < 1.29 is 19.1 Å². The molecule has 0 aromatic heterocycles. The van der Waals surface area contributed by atoms with E-state index in [0.717, 1.165) is 12.8 Å². The standard InChI is InChI=1S/C23H29N5O4/c1-3-24-21(29)16-5-4-14-28(15-16)23(31)27-19-8-6-17(7-9-19)25-22(30)26-18-10-12-20(32-2)13-11-18/h6-13,16H,3-5,14-15H2,1-2H3,(H,24,29)(H,27,31)(H2,25,26,30). The van der Waals surface area contributed by atoms with E-state index >= 15 is 0 Å². The van der Waals surface area contributed by atoms with Gasteiger partial charge in [-0.25, -0.2) is 9.59 Å². The van der Waals surface area contributed by atoms with Crippen LogP contribution in [0.4, 0.5) is 26.7 Å². The normalized spacial score (nSPS) is 15.4. The third-order valence-corrected chi connectivity index (χ3v) is 5.17. The molecule has 0 saturated carbocycles. The van der Waals surface area contributed by atoms with E-state index in [1.165, 1.54) is 0 Å². The van der Waals surface area contributed by atoms with Crippen molar-refractivity contribution in [2.45, 2.75) is 19.8 Å². The van der Waals surface area contributed by atoms with Gasteiger partial charge >= 0.3 is 12.1 Å². The van der Waals surface area contributed by atoms with Crippen molar-refractivity contribution >= 4 is 35.0 Å². The first kappa shape index (κ1) is 22.9. The molecule has 2 aromatic rings. The highest BCUT2D eigenvalue weighted by molar-refractivity contribution is 6.00. The molecule has 1 saturated heterocycles. The molecule has 170 valence electrons. The van der Waals surface area contributed by atoms with Crippen LogP contribution >= 0.6 is 0 Å². The van der Waals surface area contributed by atoms with Gasteiger partial charge in [-0.05, 0) is 68.3 Å². The fourth-order valence-corrected chi connectivity index (χ4v) is 3.50. The molecule has 5 amide bonds. The summed E-state index contributed by atoms with van der Waals surface area (Å²) in [5, 5.41) is 11.2. The Hall–Kier alpha value is -3.75. The van der Waals surface area contributed by atoms with E-state index in [2.05, 4.69) is 21.3 Å². The molecule has 0 aliphatic carbocycles. The van der Waals surface area contributed by atoms with Crippen LogP contribution in [-0.2, 0) is 4.79 Å². The molecule has 1 heterocycles. The number of nitrogens with one attached hydrogen (secondary N) is 4. The molecule has 0 bridgehead atoms. The number of benzene rings is 2. The maximum absolute atomic E-state index is 12.6. The monoisotopic (exact) mass is 439 g/mol. The number of carbonyl (C=O) groups is 3. The van der Waals surface area contributed by atoms with Crippen LogP contribution in [0.2, 0.25) is 0 Å². The first-order chi connectivity index (χ1) is 15.5. The van der Waals surface area contributed by atoms with E-state index in [9.17, 15) is 14.4 Å². The van der Waals surface area contributed by atoms with Crippen molar-refractivity contribution in [3.8, 4) is 5.75 Å². The summed E-state index contributed by atoms with van der Waals surface area (Å²) < 4.78 is 5.09. The van der Waals surface area contributed by atoms with Crippen molar-refractivity contribution in [3.05, 3.63) is 48.5 Å². The van der Waals surface area contributed by atoms with E-state index in [1.807, 2.05) is 6.92 Å². The number of rotatable bonds is 6. The highest BCUT2D eigenvalue weighted by Gasteiger charge is 2.28. The molecule has 9 nitrogen and oxygen atoms in total. The van der Waals surface area contributed by atoms with Crippen molar-refractivity contribution in [2.75, 3.05) is 42.7 Å². The van der Waals surface area contributed by atoms with Crippen LogP contribution in [-0.4, -0.2) is 49.6 Å². The minimum Gasteiger partial charge on any atom is -0.497 e. The number of nitrogens with zero attached hydrogens (tertiary/aromatic N) is 1. The average molecular weight is 440 g/mol. The topological polar surface area (TPSA) is 112 Å². The van der Waals surface area contributed by atoms with Crippen LogP contribution in [0, 0.1) is 5.92 Å². The Labute approximate surface area is 187 Å². The van der Waals surface area contributed by atoms with Gasteiger partial charge < -0.3 is 30.9 Å². The zero-order chi connectivity index (χ0) is 22.9. The highest BCUT2D eigenvalue weighted by atomic mass is 16.5. The number of hydrogen-bond donors (Lipinski definition) is 4. The maximum atomic E-state index is 12.6. The fraction of sp³-hybridized carbons (Fsp3) is 0.348. The lowest BCUT2D eigenvalue weighted by molar-refractivity contribution is -0.126. The van der Waals surface area contributed by atoms with Crippen LogP contribution in [0.1, 0.15) is 19.8 Å². The van der Waals surface area contributed by atoms with E-state index < -0.39 is 0 Å². The van der Waals surface area contributed by atoms with Crippen LogP contribution < -0.4 is 26.0 Å². The number of ether oxygens (including phenoxy) is 1. The van der Waals surface area contributed by atoms with Crippen LogP contribution in [0.5, 0.6) is 5.75 Å². The fourth-order valence-electron chi connectivity index (χ4n) is 3.50. The predicted molar refractivity (Wildman–Crippen MR) is 124 cm³/mol. The van der Waals surface area contributed by atoms with Gasteiger partial charge in [0.1, 0.15) is 5.75 Å². The Balaban J connectivity index is 1.49. The van der Waals surface area contributed by atoms with Gasteiger partial charge in [0.2, 0.25) is 5.91 Å². The molecule has 4 N–H and O–H groups in total. The molecule has 0 spiro atoms. The quantitative estimate of drug-likeness (QED) is 0.550. The summed E-state index contributed by atoms with van der Waals surface area (Å²) in [6.45, 7) is 3.49. The second kappa shape index (κ2) is 11.0. The van der Waals surface area contributed by atoms with Crippen LogP contribution in [0.15, 0.2) is 48.5 Å². The Morgan fingerprint density at radius 2 is 1.50 bits per heavy atom. The molecule has 32 heavy (non-hydrogen) atoms. The Morgan fingerprint density at radius 1 is 0.938 bits per heavy atom. The van der Waals surface area contributed by atoms with E-state index in [0.29, 0.717) is 42.4 Å². The van der Waals surface area contributed by atoms with Gasteiger partial charge in [0.15, 0.2) is 0 Å². The third-order valence-electron chi connectivity index (χ3n) is 5.17. The summed E-state index contributed by atoms with van der Waals surface area (Å²) >= 11 is 0. The molecule has 1 unspecified atom stereocenters. The molecule has 1 atom stereocenters. The minimum absolute atomic E-state index is 0.00616. The summed E-state index contributed by atoms with van der Waals surface area (Å²) in [4.78, 5) is 38.5. The van der Waals surface area contributed by atoms with Crippen molar-refractivity contribution in [1.29, 1.82) is 0 Å². The summed E-state index contributed by atoms with van der Waals surface area (Å²) in [5.41, 5.74) is 1.83. The van der Waals surface area contributed by atoms with Gasteiger partial charge in [0.25, 0.3) is 0 Å². The van der Waals surface area contributed by atoms with Gasteiger partial charge in [-0.15, -0.1) is 0 Å². The van der Waals surface area contributed by atoms with Crippen LogP contribution in [0.3, 0.4) is 0 Å². The minimum atomic E-state index is -0.378. The largest absolute Gasteiger partial charge is 0.497 e. The number of hydrogen-bond acceptors (Lipinski definition) is 4. The second-order valence-electron chi connectivity index (χ2n) is 7.49. The predicted octanol–water partition coefficient (Wildman–Crippen LogP) is 3.72. The Kier molecular flexibility index (Phi) is 7.91. The van der Waals surface area contributed by atoms with Gasteiger partial charge in [-0.1, -0.05) is 0 Å². The third kappa shape index (κ3) is 6.37. The number of likely N-dealkylation sites (tertiary alicyclic amines) is 1. The summed E-state index contributed by atoms with van der Waals surface area (Å²) in [5.74, 6) is 0.525. The number of amides is 5. The lowest BCUT2D eigenvalue weighted by Crippen LogP contribution is -2.46. The number of methoxy groups -OCH3 is 1. The summed E-state index contributed by atoms with van der Waals surface area (Å²) in [6, 6.07) is 13.2. The lowest BCUT2D eigenvalue weighted by Gasteiger charge is -2.32. The van der Waals surface area contributed by atoms with E-state index in [4.69, 9.17) is 4.74 Å². The smallest absolute Gasteiger partial charge is 0.323 e. The molecular formula is C23H29N5O4. The highest BCUT2D eigenvalue weighted by Crippen LogP contribution is 2.20. The summed E-state index contributed by atoms with van der Waals surface area (Å²) in [6.07, 6.45) is 1.58. The van der Waals surface area contributed by atoms with E-state index in [1.54, 1.807) is 60.5 Å². The van der Waals surface area contributed by atoms with Crippen molar-refractivity contribution in [2.24, 2.45) is 5.92 Å². The molecule has 0 radical (unpaired) electrons. The van der Waals surface area contributed by atoms with E-state index in [-0.39, 0.29) is 23.9 Å². The number of carbonyl (C=O) groups excluding carboxylic acids is 3. The van der Waals surface area contributed by atoms with Gasteiger partial charge in [0, 0.05) is 36.7 Å². The van der Waals surface area contributed by atoms with Gasteiger partial charge in [-0.3, -0.25) is 4.79 Å². The first-order valence-corrected chi connectivity index (χ1v) is 10.6. The zero-order valence-electron chi connectivity index (χ0n) is 18.3. The van der Waals surface area contributed by atoms with Gasteiger partial charge in [-0.2, -0.15) is 0 Å². The lowest BCUT2D eigenvalue weighted by atomic mass is 9.97. The van der Waals surface area contributed by atoms with Crippen LogP contribution in [0.25, 0.3) is 0 Å². The zero-order valence-corrected chi connectivity index (χ0v) is 18.3. The number of anilines is 3. The molecule has 3 rings (SSSR count). The molecule has 1 fully saturated rings. The Morgan fingerprint density at radius 3 is 2.06 bits per heavy atom.